The average molecular weight is 402 g/mol. The van der Waals surface area contributed by atoms with Gasteiger partial charge >= 0.3 is 5.63 Å². The van der Waals surface area contributed by atoms with Gasteiger partial charge in [-0.1, -0.05) is 18.2 Å². The second-order valence-corrected chi connectivity index (χ2v) is 8.59. The molecule has 0 aliphatic carbocycles. The molecule has 0 unspecified atom stereocenters. The molecule has 0 saturated carbocycles. The summed E-state index contributed by atoms with van der Waals surface area (Å²) < 4.78 is 5.26. The second kappa shape index (κ2) is 9.03. The highest BCUT2D eigenvalue weighted by molar-refractivity contribution is 7.99. The van der Waals surface area contributed by atoms with Crippen molar-refractivity contribution in [3.05, 3.63) is 58.1 Å². The van der Waals surface area contributed by atoms with Gasteiger partial charge in [-0.05, 0) is 12.1 Å². The van der Waals surface area contributed by atoms with E-state index >= 15 is 0 Å². The van der Waals surface area contributed by atoms with Crippen molar-refractivity contribution in [2.75, 3.05) is 55.7 Å². The molecule has 2 aliphatic rings. The van der Waals surface area contributed by atoms with Crippen LogP contribution in [-0.2, 0) is 13.1 Å². The highest BCUT2D eigenvalue weighted by Crippen LogP contribution is 2.24. The predicted molar refractivity (Wildman–Crippen MR) is 113 cm³/mol. The van der Waals surface area contributed by atoms with Crippen LogP contribution >= 0.6 is 11.8 Å². The first kappa shape index (κ1) is 19.4. The Hall–Kier alpha value is -1.96. The minimum Gasteiger partial charge on any atom is -0.507 e. The zero-order chi connectivity index (χ0) is 19.3. The molecule has 1 aromatic heterocycles. The summed E-state index contributed by atoms with van der Waals surface area (Å²) in [6, 6.07) is 10.4. The summed E-state index contributed by atoms with van der Waals surface area (Å²) in [5.41, 5.74) is 1.90. The molecule has 28 heavy (non-hydrogen) atoms. The van der Waals surface area contributed by atoms with Crippen molar-refractivity contribution in [2.24, 2.45) is 0 Å². The first-order chi connectivity index (χ1) is 13.7. The average Bonchev–Trinajstić information content (AvgIpc) is 2.75. The van der Waals surface area contributed by atoms with Crippen LogP contribution in [0.15, 0.2) is 45.8 Å². The van der Waals surface area contributed by atoms with Crippen molar-refractivity contribution in [2.45, 2.75) is 13.1 Å². The summed E-state index contributed by atoms with van der Waals surface area (Å²) in [5.74, 6) is 2.33. The van der Waals surface area contributed by atoms with Gasteiger partial charge in [0.05, 0.1) is 5.56 Å². The highest BCUT2D eigenvalue weighted by atomic mass is 32.2. The molecular weight excluding hydrogens is 374 g/mol. The van der Waals surface area contributed by atoms with Crippen LogP contribution < -0.4 is 10.5 Å². The third-order valence-electron chi connectivity index (χ3n) is 5.52. The van der Waals surface area contributed by atoms with E-state index in [1.54, 1.807) is 0 Å². The van der Waals surface area contributed by atoms with E-state index in [1.165, 1.54) is 12.0 Å². The first-order valence-corrected chi connectivity index (χ1v) is 11.0. The predicted octanol–water partition coefficient (Wildman–Crippen LogP) is 2.22. The van der Waals surface area contributed by atoms with E-state index in [0.29, 0.717) is 24.2 Å². The quantitative estimate of drug-likeness (QED) is 0.824. The Morgan fingerprint density at radius 1 is 0.929 bits per heavy atom. The molecule has 4 rings (SSSR count). The minimum atomic E-state index is -0.430. The number of thioether (sulfide) groups is 1. The number of aromatic hydroxyl groups is 1. The molecule has 150 valence electrons. The smallest absolute Gasteiger partial charge is 0.343 e. The molecule has 6 nitrogen and oxygen atoms in total. The molecule has 7 heteroatoms. The Labute approximate surface area is 169 Å². The molecule has 3 heterocycles. The Kier molecular flexibility index (Phi) is 6.24. The molecular formula is C21H27N3O3S. The fraction of sp³-hybridized carbons (Fsp3) is 0.476. The van der Waals surface area contributed by atoms with Crippen molar-refractivity contribution >= 4 is 17.4 Å². The van der Waals surface area contributed by atoms with Gasteiger partial charge in [-0.25, -0.2) is 4.79 Å². The minimum absolute atomic E-state index is 0.111. The molecule has 0 spiro atoms. The topological polar surface area (TPSA) is 60.2 Å². The van der Waals surface area contributed by atoms with Gasteiger partial charge in [0.1, 0.15) is 12.0 Å². The third-order valence-corrected chi connectivity index (χ3v) is 6.46. The van der Waals surface area contributed by atoms with Gasteiger partial charge in [-0.2, -0.15) is 11.8 Å². The van der Waals surface area contributed by atoms with Gasteiger partial charge in [-0.15, -0.1) is 0 Å². The largest absolute Gasteiger partial charge is 0.507 e. The van der Waals surface area contributed by atoms with Crippen LogP contribution in [0.3, 0.4) is 0 Å². The Morgan fingerprint density at radius 2 is 1.61 bits per heavy atom. The molecule has 0 atom stereocenters. The van der Waals surface area contributed by atoms with Crippen LogP contribution in [0.4, 0.5) is 5.69 Å². The van der Waals surface area contributed by atoms with Gasteiger partial charge in [0.2, 0.25) is 0 Å². The normalized spacial score (nSPS) is 19.1. The maximum atomic E-state index is 12.3. The van der Waals surface area contributed by atoms with E-state index in [2.05, 4.69) is 39.0 Å². The van der Waals surface area contributed by atoms with Gasteiger partial charge in [0.25, 0.3) is 0 Å². The lowest BCUT2D eigenvalue weighted by atomic mass is 10.1. The lowest BCUT2D eigenvalue weighted by Crippen LogP contribution is -2.46. The molecule has 1 N–H and O–H groups in total. The summed E-state index contributed by atoms with van der Waals surface area (Å²) in [4.78, 5) is 19.1. The van der Waals surface area contributed by atoms with Crippen molar-refractivity contribution in [1.29, 1.82) is 0 Å². The maximum absolute atomic E-state index is 12.3. The fourth-order valence-electron chi connectivity index (χ4n) is 3.82. The van der Waals surface area contributed by atoms with Gasteiger partial charge in [0, 0.05) is 75.1 Å². The Balaban J connectivity index is 1.40. The summed E-state index contributed by atoms with van der Waals surface area (Å²) >= 11 is 1.95. The number of nitrogens with zero attached hydrogens (tertiary/aromatic N) is 3. The first-order valence-electron chi connectivity index (χ1n) is 9.85. The maximum Gasteiger partial charge on any atom is 0.343 e. The SMILES string of the molecule is O=c1occ(CN2CCSCC2)c(O)c1CN1CCN(c2ccccc2)CC1. The lowest BCUT2D eigenvalue weighted by Gasteiger charge is -2.36. The van der Waals surface area contributed by atoms with Crippen LogP contribution in [0.1, 0.15) is 11.1 Å². The standard InChI is InChI=1S/C21H27N3O3S/c25-20-17(14-23-10-12-28-13-11-23)16-27-21(26)19(20)15-22-6-8-24(9-7-22)18-4-2-1-3-5-18/h1-5,16,25H,6-15H2. The van der Waals surface area contributed by atoms with Crippen molar-refractivity contribution < 1.29 is 9.52 Å². The van der Waals surface area contributed by atoms with Gasteiger partial charge in [0.15, 0.2) is 0 Å². The van der Waals surface area contributed by atoms with E-state index in [9.17, 15) is 9.90 Å². The molecule has 2 aliphatic heterocycles. The van der Waals surface area contributed by atoms with Crippen LogP contribution in [-0.4, -0.2) is 65.7 Å². The summed E-state index contributed by atoms with van der Waals surface area (Å²) in [6.45, 7) is 6.57. The molecule has 2 aromatic rings. The number of benzene rings is 1. The van der Waals surface area contributed by atoms with Crippen molar-refractivity contribution in [3.8, 4) is 5.75 Å². The second-order valence-electron chi connectivity index (χ2n) is 7.36. The highest BCUT2D eigenvalue weighted by Gasteiger charge is 2.22. The molecule has 1 aromatic carbocycles. The van der Waals surface area contributed by atoms with E-state index in [0.717, 1.165) is 50.8 Å². The Morgan fingerprint density at radius 3 is 2.32 bits per heavy atom. The van der Waals surface area contributed by atoms with Crippen LogP contribution in [0.5, 0.6) is 5.75 Å². The number of para-hydroxylation sites is 1. The van der Waals surface area contributed by atoms with Gasteiger partial charge in [-0.3, -0.25) is 9.80 Å². The number of anilines is 1. The van der Waals surface area contributed by atoms with E-state index < -0.39 is 5.63 Å². The monoisotopic (exact) mass is 401 g/mol. The van der Waals surface area contributed by atoms with E-state index in [-0.39, 0.29) is 5.75 Å². The number of hydrogen-bond acceptors (Lipinski definition) is 7. The van der Waals surface area contributed by atoms with Crippen LogP contribution in [0.2, 0.25) is 0 Å². The van der Waals surface area contributed by atoms with E-state index in [1.807, 2.05) is 17.8 Å². The molecule has 2 fully saturated rings. The molecule has 0 amide bonds. The summed E-state index contributed by atoms with van der Waals surface area (Å²) in [5, 5.41) is 10.7. The third kappa shape index (κ3) is 4.54. The van der Waals surface area contributed by atoms with Crippen molar-refractivity contribution in [3.63, 3.8) is 0 Å². The van der Waals surface area contributed by atoms with Gasteiger partial charge < -0.3 is 14.4 Å². The number of piperazine rings is 1. The zero-order valence-electron chi connectivity index (χ0n) is 16.0. The lowest BCUT2D eigenvalue weighted by molar-refractivity contribution is 0.239. The molecule has 0 radical (unpaired) electrons. The number of rotatable bonds is 5. The van der Waals surface area contributed by atoms with Crippen LogP contribution in [0.25, 0.3) is 0 Å². The fourth-order valence-corrected chi connectivity index (χ4v) is 4.80. The van der Waals surface area contributed by atoms with E-state index in [4.69, 9.17) is 4.42 Å². The molecule has 0 bridgehead atoms. The molecule has 2 saturated heterocycles. The Bertz CT molecular complexity index is 829. The number of hydrogen-bond donors (Lipinski definition) is 1. The summed E-state index contributed by atoms with van der Waals surface area (Å²) in [6.07, 6.45) is 1.43. The van der Waals surface area contributed by atoms with Crippen LogP contribution in [0, 0.1) is 0 Å². The summed E-state index contributed by atoms with van der Waals surface area (Å²) in [7, 11) is 0. The zero-order valence-corrected chi connectivity index (χ0v) is 16.9. The van der Waals surface area contributed by atoms with Crippen molar-refractivity contribution in [1.82, 2.24) is 9.80 Å².